The lowest BCUT2D eigenvalue weighted by Gasteiger charge is -2.17. The summed E-state index contributed by atoms with van der Waals surface area (Å²) in [7, 11) is -4.61. The number of phenols is 1. The Hall–Kier alpha value is -5.15. The van der Waals surface area contributed by atoms with Crippen molar-refractivity contribution in [3.05, 3.63) is 136 Å². The summed E-state index contributed by atoms with van der Waals surface area (Å²) in [5, 5.41) is 19.5. The summed E-state index contributed by atoms with van der Waals surface area (Å²) in [4.78, 5) is 24.7. The molecule has 0 aliphatic heterocycles. The van der Waals surface area contributed by atoms with E-state index in [-0.39, 0.29) is 17.1 Å². The molecule has 0 amide bonds. The van der Waals surface area contributed by atoms with Gasteiger partial charge in [0.25, 0.3) is 0 Å². The molecule has 5 aromatic rings. The number of hydrogen-bond donors (Lipinski definition) is 2. The number of carbonyl (C=O) groups is 2. The lowest BCUT2D eigenvalue weighted by Crippen LogP contribution is -2.13. The van der Waals surface area contributed by atoms with Crippen LogP contribution in [0.5, 0.6) is 11.5 Å². The number of carboxylic acid groups (broad SMARTS) is 1. The van der Waals surface area contributed by atoms with Crippen LogP contribution in [0.3, 0.4) is 0 Å². The van der Waals surface area contributed by atoms with Gasteiger partial charge in [0.15, 0.2) is 11.5 Å². The van der Waals surface area contributed by atoms with Crippen molar-refractivity contribution in [2.45, 2.75) is 32.1 Å². The van der Waals surface area contributed by atoms with E-state index in [0.717, 1.165) is 29.3 Å². The van der Waals surface area contributed by atoms with Crippen molar-refractivity contribution in [1.29, 1.82) is 0 Å². The smallest absolute Gasteiger partial charge is 0.342 e. The van der Waals surface area contributed by atoms with Gasteiger partial charge in [0, 0.05) is 23.1 Å². The maximum Gasteiger partial charge on any atom is 0.342 e. The topological polar surface area (TPSA) is 131 Å². The van der Waals surface area contributed by atoms with E-state index in [4.69, 9.17) is 8.60 Å². The predicted molar refractivity (Wildman–Crippen MR) is 160 cm³/mol. The maximum absolute atomic E-state index is 14.1. The van der Waals surface area contributed by atoms with Gasteiger partial charge in [-0.25, -0.2) is 4.79 Å². The molecule has 0 bridgehead atoms. The van der Waals surface area contributed by atoms with Crippen LogP contribution in [-0.2, 0) is 16.5 Å². The van der Waals surface area contributed by atoms with E-state index >= 15 is 0 Å². The SMILES string of the molecule is Cc1cc(C(=O)c2c(Cc3ccccc3)oc(C)c2C)cc(-c2ccccc2)c1OS(=O)(=O)c1ccc(C(=O)O)cc1O. The van der Waals surface area contributed by atoms with E-state index in [1.165, 1.54) is 0 Å². The summed E-state index contributed by atoms with van der Waals surface area (Å²) < 4.78 is 38.3. The zero-order chi connectivity index (χ0) is 30.9. The molecule has 1 heterocycles. The number of ketones is 1. The highest BCUT2D eigenvalue weighted by atomic mass is 32.2. The fourth-order valence-corrected chi connectivity index (χ4v) is 5.99. The molecule has 218 valence electrons. The number of benzene rings is 4. The standard InChI is InChI=1S/C34H28O8S/c1-20-16-26(32(36)31-21(2)22(3)41-29(31)17-23-10-6-4-7-11-23)18-27(24-12-8-5-9-13-24)33(20)42-43(39,40)30-15-14-25(34(37)38)19-28(30)35/h4-16,18-19,35H,17H2,1-3H3,(H,37,38). The third kappa shape index (κ3) is 5.93. The van der Waals surface area contributed by atoms with Crippen LogP contribution in [0.4, 0.5) is 0 Å². The Balaban J connectivity index is 1.60. The van der Waals surface area contributed by atoms with Gasteiger partial charge in [-0.15, -0.1) is 0 Å². The summed E-state index contributed by atoms with van der Waals surface area (Å²) in [5.74, 6) is -1.23. The van der Waals surface area contributed by atoms with Gasteiger partial charge in [0.1, 0.15) is 22.2 Å². The minimum absolute atomic E-state index is 0.0333. The van der Waals surface area contributed by atoms with Gasteiger partial charge in [-0.3, -0.25) is 4.79 Å². The zero-order valence-electron chi connectivity index (χ0n) is 23.6. The maximum atomic E-state index is 14.1. The van der Waals surface area contributed by atoms with Gasteiger partial charge in [0.2, 0.25) is 0 Å². The second-order valence-electron chi connectivity index (χ2n) is 10.1. The number of aromatic carboxylic acids is 1. The Labute approximate surface area is 249 Å². The van der Waals surface area contributed by atoms with Gasteiger partial charge in [-0.2, -0.15) is 8.42 Å². The Bertz CT molecular complexity index is 1960. The first kappa shape index (κ1) is 29.3. The molecule has 43 heavy (non-hydrogen) atoms. The van der Waals surface area contributed by atoms with E-state index in [9.17, 15) is 28.2 Å². The quantitative estimate of drug-likeness (QED) is 0.139. The van der Waals surface area contributed by atoms with E-state index < -0.39 is 26.7 Å². The third-order valence-corrected chi connectivity index (χ3v) is 8.45. The van der Waals surface area contributed by atoms with Crippen LogP contribution >= 0.6 is 0 Å². The van der Waals surface area contributed by atoms with Crippen molar-refractivity contribution in [3.8, 4) is 22.6 Å². The van der Waals surface area contributed by atoms with E-state index in [2.05, 4.69) is 0 Å². The van der Waals surface area contributed by atoms with E-state index in [1.807, 2.05) is 44.2 Å². The normalized spacial score (nSPS) is 11.3. The first-order chi connectivity index (χ1) is 20.5. The fourth-order valence-electron chi connectivity index (χ4n) is 4.91. The van der Waals surface area contributed by atoms with Crippen LogP contribution in [0.15, 0.2) is 100 Å². The molecule has 9 heteroatoms. The molecule has 0 spiro atoms. The summed E-state index contributed by atoms with van der Waals surface area (Å²) in [6.45, 7) is 5.26. The highest BCUT2D eigenvalue weighted by Gasteiger charge is 2.28. The van der Waals surface area contributed by atoms with Crippen molar-refractivity contribution in [3.63, 3.8) is 0 Å². The highest BCUT2D eigenvalue weighted by molar-refractivity contribution is 7.87. The number of carbonyl (C=O) groups excluding carboxylic acids is 1. The predicted octanol–water partition coefficient (Wildman–Crippen LogP) is 6.87. The van der Waals surface area contributed by atoms with Gasteiger partial charge in [-0.05, 0) is 67.8 Å². The minimum atomic E-state index is -4.61. The number of hydrogen-bond acceptors (Lipinski definition) is 7. The van der Waals surface area contributed by atoms with Crippen molar-refractivity contribution < 1.29 is 36.8 Å². The zero-order valence-corrected chi connectivity index (χ0v) is 24.4. The van der Waals surface area contributed by atoms with Crippen molar-refractivity contribution in [2.75, 3.05) is 0 Å². The van der Waals surface area contributed by atoms with Crippen LogP contribution < -0.4 is 4.18 Å². The second kappa shape index (κ2) is 11.6. The molecule has 1 aromatic heterocycles. The number of carboxylic acids is 1. The molecule has 0 saturated heterocycles. The molecule has 4 aromatic carbocycles. The summed E-state index contributed by atoms with van der Waals surface area (Å²) in [6, 6.07) is 24.6. The van der Waals surface area contributed by atoms with E-state index in [0.29, 0.717) is 45.8 Å². The molecular weight excluding hydrogens is 568 g/mol. The number of rotatable bonds is 9. The molecule has 0 atom stereocenters. The van der Waals surface area contributed by atoms with Crippen molar-refractivity contribution >= 4 is 21.9 Å². The Morgan fingerprint density at radius 2 is 1.49 bits per heavy atom. The van der Waals surface area contributed by atoms with Crippen LogP contribution in [-0.4, -0.2) is 30.4 Å². The van der Waals surface area contributed by atoms with Crippen LogP contribution in [0.1, 0.15) is 54.5 Å². The molecule has 0 saturated carbocycles. The van der Waals surface area contributed by atoms with Crippen LogP contribution in [0.2, 0.25) is 0 Å². The molecule has 0 fully saturated rings. The largest absolute Gasteiger partial charge is 0.506 e. The lowest BCUT2D eigenvalue weighted by atomic mass is 9.92. The number of aromatic hydroxyl groups is 1. The Kier molecular flexibility index (Phi) is 7.93. The second-order valence-corrected chi connectivity index (χ2v) is 11.6. The van der Waals surface area contributed by atoms with Gasteiger partial charge >= 0.3 is 16.1 Å². The Morgan fingerprint density at radius 1 is 0.837 bits per heavy atom. The van der Waals surface area contributed by atoms with Gasteiger partial charge in [0.05, 0.1) is 11.1 Å². The third-order valence-electron chi connectivity index (χ3n) is 7.18. The van der Waals surface area contributed by atoms with Gasteiger partial charge < -0.3 is 18.8 Å². The summed E-state index contributed by atoms with van der Waals surface area (Å²) >= 11 is 0. The molecule has 8 nitrogen and oxygen atoms in total. The average Bonchev–Trinajstić information content (AvgIpc) is 3.26. The highest BCUT2D eigenvalue weighted by Crippen LogP contribution is 2.38. The van der Waals surface area contributed by atoms with Crippen molar-refractivity contribution in [2.24, 2.45) is 0 Å². The molecule has 0 unspecified atom stereocenters. The van der Waals surface area contributed by atoms with Crippen LogP contribution in [0, 0.1) is 20.8 Å². The number of furan rings is 1. The first-order valence-electron chi connectivity index (χ1n) is 13.3. The van der Waals surface area contributed by atoms with Crippen LogP contribution in [0.25, 0.3) is 11.1 Å². The minimum Gasteiger partial charge on any atom is -0.506 e. The molecule has 0 aliphatic carbocycles. The number of aryl methyl sites for hydroxylation is 2. The molecule has 0 radical (unpaired) electrons. The Morgan fingerprint density at radius 3 is 2.12 bits per heavy atom. The van der Waals surface area contributed by atoms with Crippen molar-refractivity contribution in [1.82, 2.24) is 0 Å². The molecule has 0 aliphatic rings. The first-order valence-corrected chi connectivity index (χ1v) is 14.8. The van der Waals surface area contributed by atoms with Gasteiger partial charge in [-0.1, -0.05) is 60.7 Å². The molecular formula is C34H28O8S. The summed E-state index contributed by atoms with van der Waals surface area (Å²) in [5.41, 5.74) is 3.49. The average molecular weight is 597 g/mol. The fraction of sp³-hybridized carbons (Fsp3) is 0.118. The molecule has 2 N–H and O–H groups in total. The summed E-state index contributed by atoms with van der Waals surface area (Å²) in [6.07, 6.45) is 0.421. The monoisotopic (exact) mass is 596 g/mol. The van der Waals surface area contributed by atoms with E-state index in [1.54, 1.807) is 49.4 Å². The lowest BCUT2D eigenvalue weighted by molar-refractivity contribution is 0.0696. The number of phenolic OH excluding ortho intramolecular Hbond substituents is 1. The molecule has 5 rings (SSSR count).